The van der Waals surface area contributed by atoms with E-state index in [4.69, 9.17) is 14.6 Å². The van der Waals surface area contributed by atoms with Crippen molar-refractivity contribution >= 4 is 5.91 Å². The Hall–Kier alpha value is -1.57. The van der Waals surface area contributed by atoms with E-state index in [0.29, 0.717) is 24.5 Å². The van der Waals surface area contributed by atoms with E-state index in [9.17, 15) is 4.79 Å². The van der Waals surface area contributed by atoms with Gasteiger partial charge in [-0.1, -0.05) is 0 Å². The zero-order valence-corrected chi connectivity index (χ0v) is 14.3. The summed E-state index contributed by atoms with van der Waals surface area (Å²) in [6.45, 7) is 2.80. The number of methoxy groups -OCH3 is 1. The van der Waals surface area contributed by atoms with Crippen LogP contribution in [0.25, 0.3) is 0 Å². The van der Waals surface area contributed by atoms with E-state index in [1.807, 2.05) is 4.90 Å². The number of carbonyl (C=O) groups excluding carboxylic acids is 1. The number of carbonyl (C=O) groups is 1. The maximum Gasteiger partial charge on any atom is 0.257 e. The lowest BCUT2D eigenvalue weighted by atomic mass is 9.79. The maximum atomic E-state index is 12.9. The molecule has 132 valence electrons. The number of nitrogens with zero attached hydrogens (tertiary/aromatic N) is 3. The van der Waals surface area contributed by atoms with Gasteiger partial charge in [0, 0.05) is 26.0 Å². The molecule has 0 unspecified atom stereocenters. The molecule has 24 heavy (non-hydrogen) atoms. The predicted octanol–water partition coefficient (Wildman–Crippen LogP) is 0.946. The molecular formula is C17H25N3O4. The van der Waals surface area contributed by atoms with Gasteiger partial charge in [-0.05, 0) is 32.6 Å². The minimum atomic E-state index is -0.291. The number of rotatable bonds is 5. The fourth-order valence-electron chi connectivity index (χ4n) is 3.94. The van der Waals surface area contributed by atoms with Gasteiger partial charge in [-0.2, -0.15) is 0 Å². The van der Waals surface area contributed by atoms with Crippen molar-refractivity contribution in [3.05, 3.63) is 23.8 Å². The topological polar surface area (TPSA) is 84.8 Å². The van der Waals surface area contributed by atoms with E-state index in [2.05, 4.69) is 9.97 Å². The van der Waals surface area contributed by atoms with Crippen LogP contribution in [0.15, 0.2) is 12.4 Å². The number of aliphatic hydroxyl groups is 1. The predicted molar refractivity (Wildman–Crippen MR) is 86.6 cm³/mol. The third-order valence-corrected chi connectivity index (χ3v) is 5.28. The van der Waals surface area contributed by atoms with Gasteiger partial charge >= 0.3 is 0 Å². The molecule has 1 aliphatic heterocycles. The average molecular weight is 335 g/mol. The zero-order valence-electron chi connectivity index (χ0n) is 14.3. The van der Waals surface area contributed by atoms with Crippen LogP contribution < -0.4 is 0 Å². The number of aryl methyl sites for hydroxylation is 1. The van der Waals surface area contributed by atoms with Crippen LogP contribution in [0.1, 0.15) is 41.9 Å². The highest BCUT2D eigenvalue weighted by Crippen LogP contribution is 2.43. The van der Waals surface area contributed by atoms with Gasteiger partial charge in [0.15, 0.2) is 0 Å². The summed E-state index contributed by atoms with van der Waals surface area (Å²) in [6.07, 6.45) is 6.53. The van der Waals surface area contributed by atoms with Crippen LogP contribution >= 0.6 is 0 Å². The highest BCUT2D eigenvalue weighted by atomic mass is 16.5. The number of hydrogen-bond donors (Lipinski definition) is 1. The first kappa shape index (κ1) is 17.3. The van der Waals surface area contributed by atoms with Crippen LogP contribution in [0.5, 0.6) is 0 Å². The fourth-order valence-corrected chi connectivity index (χ4v) is 3.94. The smallest absolute Gasteiger partial charge is 0.257 e. The Morgan fingerprint density at radius 2 is 2.17 bits per heavy atom. The van der Waals surface area contributed by atoms with Gasteiger partial charge in [-0.15, -0.1) is 0 Å². The largest absolute Gasteiger partial charge is 0.394 e. The summed E-state index contributed by atoms with van der Waals surface area (Å²) in [6, 6.07) is -0.0197. The maximum absolute atomic E-state index is 12.9. The van der Waals surface area contributed by atoms with E-state index in [-0.39, 0.29) is 30.3 Å². The highest BCUT2D eigenvalue weighted by Gasteiger charge is 2.52. The second-order valence-corrected chi connectivity index (χ2v) is 6.54. The Bertz CT molecular complexity index is 580. The monoisotopic (exact) mass is 335 g/mol. The quantitative estimate of drug-likeness (QED) is 0.862. The third-order valence-electron chi connectivity index (χ3n) is 5.28. The first-order valence-corrected chi connectivity index (χ1v) is 8.47. The molecule has 3 atom stereocenters. The minimum Gasteiger partial charge on any atom is -0.394 e. The molecule has 1 N–H and O–H groups in total. The van der Waals surface area contributed by atoms with Crippen LogP contribution in [0.2, 0.25) is 0 Å². The van der Waals surface area contributed by atoms with Crippen LogP contribution in [-0.2, 0) is 9.47 Å². The molecule has 0 radical (unpaired) electrons. The lowest BCUT2D eigenvalue weighted by molar-refractivity contribution is -0.0992. The van der Waals surface area contributed by atoms with E-state index < -0.39 is 0 Å². The molecule has 7 nitrogen and oxygen atoms in total. The molecule has 2 heterocycles. The summed E-state index contributed by atoms with van der Waals surface area (Å²) in [7, 11) is 1.73. The van der Waals surface area contributed by atoms with Gasteiger partial charge in [0.2, 0.25) is 0 Å². The molecule has 1 amide bonds. The van der Waals surface area contributed by atoms with Crippen molar-refractivity contribution in [1.29, 1.82) is 0 Å². The lowest BCUT2D eigenvalue weighted by Crippen LogP contribution is -2.53. The number of amides is 1. The standard InChI is InChI=1S/C17H25N3O4/c1-12-18-10-13(11-19-12)16(22)20-6-5-17(23-2)4-3-14(9-15(17)20)24-8-7-21/h10-11,14-15,21H,3-9H2,1-2H3/t14-,15+,17-/m1/s1. The molecule has 1 aromatic rings. The highest BCUT2D eigenvalue weighted by molar-refractivity contribution is 5.94. The first-order valence-electron chi connectivity index (χ1n) is 8.47. The van der Waals surface area contributed by atoms with E-state index in [0.717, 1.165) is 25.7 Å². The molecule has 0 aromatic carbocycles. The lowest BCUT2D eigenvalue weighted by Gasteiger charge is -2.43. The second kappa shape index (κ2) is 7.13. The van der Waals surface area contributed by atoms with E-state index >= 15 is 0 Å². The summed E-state index contributed by atoms with van der Waals surface area (Å²) < 4.78 is 11.6. The second-order valence-electron chi connectivity index (χ2n) is 6.54. The molecule has 1 saturated carbocycles. The van der Waals surface area contributed by atoms with E-state index in [1.165, 1.54) is 0 Å². The van der Waals surface area contributed by atoms with E-state index in [1.54, 1.807) is 26.4 Å². The number of aliphatic hydroxyl groups excluding tert-OH is 1. The Balaban J connectivity index is 1.78. The summed E-state index contributed by atoms with van der Waals surface area (Å²) in [5, 5.41) is 8.96. The molecule has 1 aromatic heterocycles. The number of likely N-dealkylation sites (tertiary alicyclic amines) is 1. The molecule has 7 heteroatoms. The van der Waals surface area contributed by atoms with Crippen LogP contribution in [-0.4, -0.2) is 70.5 Å². The molecule has 0 bridgehead atoms. The summed E-state index contributed by atoms with van der Waals surface area (Å²) in [5.41, 5.74) is 0.214. The fraction of sp³-hybridized carbons (Fsp3) is 0.706. The molecule has 2 fully saturated rings. The van der Waals surface area contributed by atoms with Crippen LogP contribution in [0, 0.1) is 6.92 Å². The minimum absolute atomic E-state index is 0.0138. The number of hydrogen-bond acceptors (Lipinski definition) is 6. The molecule has 1 saturated heterocycles. The molecule has 3 rings (SSSR count). The Labute approximate surface area is 142 Å². The molecule has 2 aliphatic rings. The van der Waals surface area contributed by atoms with Gasteiger partial charge in [0.25, 0.3) is 5.91 Å². The summed E-state index contributed by atoms with van der Waals surface area (Å²) in [5.74, 6) is 0.594. The Morgan fingerprint density at radius 3 is 2.83 bits per heavy atom. The molecule has 1 aliphatic carbocycles. The average Bonchev–Trinajstić information content (AvgIpc) is 2.99. The first-order chi connectivity index (χ1) is 11.6. The van der Waals surface area contributed by atoms with Crippen LogP contribution in [0.4, 0.5) is 0 Å². The number of ether oxygens (including phenoxy) is 2. The normalized spacial score (nSPS) is 29.5. The number of aromatic nitrogens is 2. The van der Waals surface area contributed by atoms with Gasteiger partial charge < -0.3 is 19.5 Å². The van der Waals surface area contributed by atoms with Crippen molar-refractivity contribution in [1.82, 2.24) is 14.9 Å². The van der Waals surface area contributed by atoms with Crippen molar-refractivity contribution in [2.24, 2.45) is 0 Å². The van der Waals surface area contributed by atoms with Gasteiger partial charge in [0.1, 0.15) is 5.82 Å². The van der Waals surface area contributed by atoms with Crippen molar-refractivity contribution in [2.75, 3.05) is 26.9 Å². The molecular weight excluding hydrogens is 310 g/mol. The number of fused-ring (bicyclic) bond motifs is 1. The van der Waals surface area contributed by atoms with Crippen molar-refractivity contribution < 1.29 is 19.4 Å². The SMILES string of the molecule is CO[C@@]12CC[C@@H](OCCO)C[C@@H]1N(C(=O)c1cnc(C)nc1)CC2. The zero-order chi connectivity index (χ0) is 17.2. The molecule has 0 spiro atoms. The van der Waals surface area contributed by atoms with Gasteiger partial charge in [0.05, 0.1) is 36.5 Å². The summed E-state index contributed by atoms with van der Waals surface area (Å²) >= 11 is 0. The van der Waals surface area contributed by atoms with Crippen LogP contribution in [0.3, 0.4) is 0 Å². The third kappa shape index (κ3) is 3.16. The van der Waals surface area contributed by atoms with Crippen molar-refractivity contribution in [3.8, 4) is 0 Å². The van der Waals surface area contributed by atoms with Gasteiger partial charge in [-0.25, -0.2) is 9.97 Å². The Kier molecular flexibility index (Phi) is 5.12. The Morgan fingerprint density at radius 1 is 1.42 bits per heavy atom. The van der Waals surface area contributed by atoms with Crippen molar-refractivity contribution in [3.63, 3.8) is 0 Å². The summed E-state index contributed by atoms with van der Waals surface area (Å²) in [4.78, 5) is 23.0. The van der Waals surface area contributed by atoms with Gasteiger partial charge in [-0.3, -0.25) is 4.79 Å². The van der Waals surface area contributed by atoms with Crippen molar-refractivity contribution in [2.45, 2.75) is 50.4 Å².